The molecule has 3 amide bonds. The molecule has 2 aliphatic heterocycles. The number of likely N-dealkylation sites (tertiary alicyclic amines) is 1. The molecule has 2 fully saturated rings. The van der Waals surface area contributed by atoms with Crippen LogP contribution in [0.1, 0.15) is 12.8 Å². The topological polar surface area (TPSA) is 61.9 Å². The van der Waals surface area contributed by atoms with E-state index in [0.717, 1.165) is 6.07 Å². The van der Waals surface area contributed by atoms with Gasteiger partial charge in [-0.15, -0.1) is 0 Å². The zero-order valence-corrected chi connectivity index (χ0v) is 12.6. The van der Waals surface area contributed by atoms with Crippen molar-refractivity contribution in [2.45, 2.75) is 18.4 Å². The summed E-state index contributed by atoms with van der Waals surface area (Å²) in [7, 11) is 1.64. The Morgan fingerprint density at radius 2 is 2.13 bits per heavy atom. The van der Waals surface area contributed by atoms with E-state index in [1.165, 1.54) is 15.9 Å². The molecule has 0 bridgehead atoms. The standard InChI is InChI=1S/C15H17F2N3O3/c1-19-8-15(23-14(19)22)5-2-6-20(9-15)13(21)18-12-4-3-10(16)7-11(12)17/h3-4,7H,2,5-6,8-9H2,1H3,(H,18,21). The van der Waals surface area contributed by atoms with E-state index in [0.29, 0.717) is 32.0 Å². The minimum atomic E-state index is -0.836. The van der Waals surface area contributed by atoms with Crippen LogP contribution in [0.2, 0.25) is 0 Å². The second-order valence-corrected chi connectivity index (χ2v) is 5.99. The molecule has 1 atom stereocenters. The fraction of sp³-hybridized carbons (Fsp3) is 0.467. The number of nitrogens with one attached hydrogen (secondary N) is 1. The lowest BCUT2D eigenvalue weighted by atomic mass is 9.93. The second-order valence-electron chi connectivity index (χ2n) is 5.99. The normalized spacial score (nSPS) is 24.0. The molecule has 23 heavy (non-hydrogen) atoms. The minimum absolute atomic E-state index is 0.0865. The van der Waals surface area contributed by atoms with Crippen LogP contribution < -0.4 is 5.32 Å². The fourth-order valence-electron chi connectivity index (χ4n) is 3.06. The Morgan fingerprint density at radius 1 is 1.35 bits per heavy atom. The number of piperidine rings is 1. The Bertz CT molecular complexity index is 655. The fourth-order valence-corrected chi connectivity index (χ4v) is 3.06. The number of hydrogen-bond donors (Lipinski definition) is 1. The molecular weight excluding hydrogens is 308 g/mol. The first kappa shape index (κ1) is 15.5. The predicted molar refractivity (Wildman–Crippen MR) is 78.0 cm³/mol. The molecule has 1 unspecified atom stereocenters. The van der Waals surface area contributed by atoms with Gasteiger partial charge in [-0.25, -0.2) is 18.4 Å². The molecule has 0 radical (unpaired) electrons. The maximum Gasteiger partial charge on any atom is 0.410 e. The average molecular weight is 325 g/mol. The number of halogens is 2. The monoisotopic (exact) mass is 325 g/mol. The summed E-state index contributed by atoms with van der Waals surface area (Å²) in [5, 5.41) is 2.43. The van der Waals surface area contributed by atoms with Crippen molar-refractivity contribution in [3.63, 3.8) is 0 Å². The van der Waals surface area contributed by atoms with Crippen molar-refractivity contribution >= 4 is 17.8 Å². The molecule has 1 spiro atoms. The molecule has 0 aliphatic carbocycles. The van der Waals surface area contributed by atoms with Gasteiger partial charge in [-0.05, 0) is 25.0 Å². The Kier molecular flexibility index (Phi) is 3.83. The van der Waals surface area contributed by atoms with Crippen LogP contribution in [-0.4, -0.2) is 54.2 Å². The van der Waals surface area contributed by atoms with Gasteiger partial charge in [0.05, 0.1) is 18.8 Å². The van der Waals surface area contributed by atoms with Crippen LogP contribution in [-0.2, 0) is 4.74 Å². The number of anilines is 1. The number of hydrogen-bond acceptors (Lipinski definition) is 3. The Labute approximate surface area is 132 Å². The van der Waals surface area contributed by atoms with Crippen molar-refractivity contribution in [3.05, 3.63) is 29.8 Å². The van der Waals surface area contributed by atoms with Gasteiger partial charge >= 0.3 is 12.1 Å². The quantitative estimate of drug-likeness (QED) is 0.862. The van der Waals surface area contributed by atoms with Crippen molar-refractivity contribution < 1.29 is 23.1 Å². The summed E-state index contributed by atoms with van der Waals surface area (Å²) in [4.78, 5) is 26.9. The molecule has 1 N–H and O–H groups in total. The number of nitrogens with zero attached hydrogens (tertiary/aromatic N) is 2. The molecule has 1 aromatic carbocycles. The van der Waals surface area contributed by atoms with E-state index >= 15 is 0 Å². The summed E-state index contributed by atoms with van der Waals surface area (Å²) >= 11 is 0. The molecule has 6 nitrogen and oxygen atoms in total. The summed E-state index contributed by atoms with van der Waals surface area (Å²) in [6.07, 6.45) is 0.954. The van der Waals surface area contributed by atoms with Crippen LogP contribution in [0.5, 0.6) is 0 Å². The van der Waals surface area contributed by atoms with Gasteiger partial charge < -0.3 is 19.9 Å². The molecular formula is C15H17F2N3O3. The van der Waals surface area contributed by atoms with Crippen LogP contribution in [0.4, 0.5) is 24.1 Å². The molecule has 0 saturated carbocycles. The van der Waals surface area contributed by atoms with E-state index in [1.54, 1.807) is 7.05 Å². The maximum atomic E-state index is 13.6. The Hall–Kier alpha value is -2.38. The summed E-state index contributed by atoms with van der Waals surface area (Å²) in [6, 6.07) is 2.46. The molecule has 2 saturated heterocycles. The zero-order chi connectivity index (χ0) is 16.6. The summed E-state index contributed by atoms with van der Waals surface area (Å²) in [5.74, 6) is -1.55. The second kappa shape index (κ2) is 5.68. The highest BCUT2D eigenvalue weighted by molar-refractivity contribution is 5.89. The van der Waals surface area contributed by atoms with Gasteiger partial charge in [0.1, 0.15) is 17.2 Å². The number of urea groups is 1. The first-order valence-electron chi connectivity index (χ1n) is 7.34. The highest BCUT2D eigenvalue weighted by atomic mass is 19.1. The van der Waals surface area contributed by atoms with Crippen molar-refractivity contribution in [1.29, 1.82) is 0 Å². The van der Waals surface area contributed by atoms with Gasteiger partial charge in [-0.2, -0.15) is 0 Å². The summed E-state index contributed by atoms with van der Waals surface area (Å²) < 4.78 is 31.9. The van der Waals surface area contributed by atoms with Crippen molar-refractivity contribution in [1.82, 2.24) is 9.80 Å². The molecule has 0 aromatic heterocycles. The lowest BCUT2D eigenvalue weighted by Gasteiger charge is -2.38. The first-order chi connectivity index (χ1) is 10.9. The first-order valence-corrected chi connectivity index (χ1v) is 7.34. The largest absolute Gasteiger partial charge is 0.439 e. The number of benzene rings is 1. The van der Waals surface area contributed by atoms with Crippen molar-refractivity contribution in [3.8, 4) is 0 Å². The third kappa shape index (κ3) is 3.06. The van der Waals surface area contributed by atoms with Gasteiger partial charge in [-0.3, -0.25) is 0 Å². The van der Waals surface area contributed by atoms with Crippen LogP contribution >= 0.6 is 0 Å². The number of carbonyl (C=O) groups excluding carboxylic acids is 2. The molecule has 3 rings (SSSR count). The molecule has 2 aliphatic rings. The highest BCUT2D eigenvalue weighted by Gasteiger charge is 2.47. The number of ether oxygens (including phenoxy) is 1. The molecule has 124 valence electrons. The maximum absolute atomic E-state index is 13.6. The SMILES string of the molecule is CN1CC2(CCCN(C(=O)Nc3ccc(F)cc3F)C2)OC1=O. The Morgan fingerprint density at radius 3 is 2.78 bits per heavy atom. The van der Waals surface area contributed by atoms with E-state index in [1.807, 2.05) is 0 Å². The number of amides is 3. The van der Waals surface area contributed by atoms with Crippen LogP contribution in [0, 0.1) is 11.6 Å². The minimum Gasteiger partial charge on any atom is -0.439 e. The zero-order valence-electron chi connectivity index (χ0n) is 12.6. The van der Waals surface area contributed by atoms with E-state index in [2.05, 4.69) is 5.32 Å². The molecule has 8 heteroatoms. The van der Waals surface area contributed by atoms with E-state index < -0.39 is 29.4 Å². The van der Waals surface area contributed by atoms with Gasteiger partial charge in [-0.1, -0.05) is 0 Å². The van der Waals surface area contributed by atoms with Crippen molar-refractivity contribution in [2.75, 3.05) is 32.0 Å². The van der Waals surface area contributed by atoms with Gasteiger partial charge in [0.2, 0.25) is 0 Å². The highest BCUT2D eigenvalue weighted by Crippen LogP contribution is 2.31. The third-order valence-corrected chi connectivity index (χ3v) is 4.14. The average Bonchev–Trinajstić information content (AvgIpc) is 2.76. The number of likely N-dealkylation sites (N-methyl/N-ethyl adjacent to an activating group) is 1. The van der Waals surface area contributed by atoms with Gasteiger partial charge in [0.25, 0.3) is 0 Å². The molecule has 2 heterocycles. The van der Waals surface area contributed by atoms with Crippen LogP contribution in [0.25, 0.3) is 0 Å². The molecule has 1 aromatic rings. The van der Waals surface area contributed by atoms with Gasteiger partial charge in [0.15, 0.2) is 0 Å². The van der Waals surface area contributed by atoms with E-state index in [9.17, 15) is 18.4 Å². The summed E-state index contributed by atoms with van der Waals surface area (Å²) in [5.41, 5.74) is -0.792. The predicted octanol–water partition coefficient (Wildman–Crippen LogP) is 2.41. The number of rotatable bonds is 1. The van der Waals surface area contributed by atoms with Crippen molar-refractivity contribution in [2.24, 2.45) is 0 Å². The third-order valence-electron chi connectivity index (χ3n) is 4.14. The van der Waals surface area contributed by atoms with Crippen LogP contribution in [0.15, 0.2) is 18.2 Å². The summed E-state index contributed by atoms with van der Waals surface area (Å²) in [6.45, 7) is 1.15. The van der Waals surface area contributed by atoms with E-state index in [-0.39, 0.29) is 12.2 Å². The van der Waals surface area contributed by atoms with Gasteiger partial charge in [0, 0.05) is 19.7 Å². The Balaban J connectivity index is 1.69. The van der Waals surface area contributed by atoms with E-state index in [4.69, 9.17) is 4.74 Å². The number of carbonyl (C=O) groups is 2. The lowest BCUT2D eigenvalue weighted by molar-refractivity contribution is 0.00497. The smallest absolute Gasteiger partial charge is 0.410 e. The van der Waals surface area contributed by atoms with Crippen LogP contribution in [0.3, 0.4) is 0 Å². The lowest BCUT2D eigenvalue weighted by Crippen LogP contribution is -2.53.